The van der Waals surface area contributed by atoms with Crippen LogP contribution in [0.1, 0.15) is 53.9 Å². The Bertz CT molecular complexity index is 215. The zero-order valence-electron chi connectivity index (χ0n) is 13.2. The molecule has 0 aromatic carbocycles. The highest BCUT2D eigenvalue weighted by atomic mass is 15.2. The largest absolute Gasteiger partial charge is 0.312 e. The number of hydrogen-bond acceptors (Lipinski definition) is 2. The van der Waals surface area contributed by atoms with E-state index in [9.17, 15) is 0 Å². The molecule has 1 fully saturated rings. The minimum absolute atomic E-state index is 0.681. The first-order valence-electron chi connectivity index (χ1n) is 8.04. The summed E-state index contributed by atoms with van der Waals surface area (Å²) >= 11 is 0. The first-order chi connectivity index (χ1) is 8.58. The molecule has 3 unspecified atom stereocenters. The molecule has 3 atom stereocenters. The zero-order valence-corrected chi connectivity index (χ0v) is 13.2. The number of nitrogens with zero attached hydrogens (tertiary/aromatic N) is 1. The zero-order chi connectivity index (χ0) is 13.5. The lowest BCUT2D eigenvalue weighted by atomic mass is 9.95. The van der Waals surface area contributed by atoms with Crippen LogP contribution in [0, 0.1) is 17.8 Å². The highest BCUT2D eigenvalue weighted by Gasteiger charge is 2.27. The summed E-state index contributed by atoms with van der Waals surface area (Å²) in [7, 11) is 0. The molecule has 0 saturated carbocycles. The molecule has 1 rings (SSSR count). The monoisotopic (exact) mass is 254 g/mol. The second kappa shape index (κ2) is 8.16. The van der Waals surface area contributed by atoms with Gasteiger partial charge in [-0.1, -0.05) is 41.0 Å². The second-order valence-electron chi connectivity index (χ2n) is 6.50. The minimum atomic E-state index is 0.681. The third-order valence-corrected chi connectivity index (χ3v) is 4.69. The first-order valence-corrected chi connectivity index (χ1v) is 8.04. The van der Waals surface area contributed by atoms with E-state index in [0.29, 0.717) is 6.04 Å². The summed E-state index contributed by atoms with van der Waals surface area (Å²) in [4.78, 5) is 2.68. The van der Waals surface area contributed by atoms with Gasteiger partial charge in [-0.15, -0.1) is 0 Å². The number of likely N-dealkylation sites (tertiary alicyclic amines) is 1. The van der Waals surface area contributed by atoms with Crippen molar-refractivity contribution in [2.24, 2.45) is 17.8 Å². The fraction of sp³-hybridized carbons (Fsp3) is 1.00. The normalized spacial score (nSPS) is 24.7. The smallest absolute Gasteiger partial charge is 0.0220 e. The lowest BCUT2D eigenvalue weighted by Gasteiger charge is -2.29. The van der Waals surface area contributed by atoms with Crippen LogP contribution in [0.4, 0.5) is 0 Å². The van der Waals surface area contributed by atoms with Crippen LogP contribution in [0.3, 0.4) is 0 Å². The third kappa shape index (κ3) is 4.89. The summed E-state index contributed by atoms with van der Waals surface area (Å²) < 4.78 is 0. The molecule has 0 aliphatic carbocycles. The molecular weight excluding hydrogens is 220 g/mol. The van der Waals surface area contributed by atoms with Gasteiger partial charge in [0.25, 0.3) is 0 Å². The molecular formula is C16H34N2. The van der Waals surface area contributed by atoms with E-state index in [-0.39, 0.29) is 0 Å². The van der Waals surface area contributed by atoms with E-state index in [1.807, 2.05) is 0 Å². The van der Waals surface area contributed by atoms with Gasteiger partial charge in [0.1, 0.15) is 0 Å². The van der Waals surface area contributed by atoms with E-state index in [1.165, 1.54) is 38.9 Å². The highest BCUT2D eigenvalue weighted by Crippen LogP contribution is 2.24. The molecule has 1 saturated heterocycles. The maximum absolute atomic E-state index is 3.75. The second-order valence-corrected chi connectivity index (χ2v) is 6.50. The van der Waals surface area contributed by atoms with Crippen LogP contribution in [-0.4, -0.2) is 37.1 Å². The minimum Gasteiger partial charge on any atom is -0.312 e. The maximum atomic E-state index is 3.75. The molecule has 2 nitrogen and oxygen atoms in total. The standard InChI is InChI=1S/C16H34N2/c1-6-9-17-16(14(5)7-2)12-18-10-8-15(11-18)13(3)4/h13-17H,6-12H2,1-5H3. The van der Waals surface area contributed by atoms with Gasteiger partial charge < -0.3 is 10.2 Å². The first kappa shape index (κ1) is 16.0. The van der Waals surface area contributed by atoms with Crippen LogP contribution >= 0.6 is 0 Å². The van der Waals surface area contributed by atoms with Crippen LogP contribution in [0.5, 0.6) is 0 Å². The Morgan fingerprint density at radius 2 is 1.94 bits per heavy atom. The lowest BCUT2D eigenvalue weighted by molar-refractivity contribution is 0.232. The van der Waals surface area contributed by atoms with Gasteiger partial charge >= 0.3 is 0 Å². The Labute approximate surface area is 115 Å². The van der Waals surface area contributed by atoms with Crippen molar-refractivity contribution in [2.45, 2.75) is 59.9 Å². The Kier molecular flexibility index (Phi) is 7.25. The van der Waals surface area contributed by atoms with Gasteiger partial charge in [-0.25, -0.2) is 0 Å². The van der Waals surface area contributed by atoms with Crippen molar-refractivity contribution in [1.82, 2.24) is 10.2 Å². The van der Waals surface area contributed by atoms with E-state index in [1.54, 1.807) is 0 Å². The van der Waals surface area contributed by atoms with Crippen LogP contribution in [0.2, 0.25) is 0 Å². The molecule has 0 amide bonds. The average Bonchev–Trinajstić information content (AvgIpc) is 2.82. The molecule has 18 heavy (non-hydrogen) atoms. The van der Waals surface area contributed by atoms with Crippen molar-refractivity contribution >= 4 is 0 Å². The molecule has 2 heteroatoms. The summed E-state index contributed by atoms with van der Waals surface area (Å²) in [6.45, 7) is 16.7. The summed E-state index contributed by atoms with van der Waals surface area (Å²) in [5, 5.41) is 3.75. The van der Waals surface area contributed by atoms with Crippen LogP contribution in [0.25, 0.3) is 0 Å². The molecule has 108 valence electrons. The quantitative estimate of drug-likeness (QED) is 0.714. The number of hydrogen-bond donors (Lipinski definition) is 1. The fourth-order valence-electron chi connectivity index (χ4n) is 2.91. The molecule has 0 aromatic rings. The van der Waals surface area contributed by atoms with Crippen molar-refractivity contribution in [3.05, 3.63) is 0 Å². The van der Waals surface area contributed by atoms with Crippen molar-refractivity contribution in [3.8, 4) is 0 Å². The Morgan fingerprint density at radius 1 is 1.22 bits per heavy atom. The average molecular weight is 254 g/mol. The predicted octanol–water partition coefficient (Wildman–Crippen LogP) is 3.38. The summed E-state index contributed by atoms with van der Waals surface area (Å²) in [5.74, 6) is 2.56. The SMILES string of the molecule is CCCNC(CN1CCC(C(C)C)C1)C(C)CC. The van der Waals surface area contributed by atoms with E-state index in [2.05, 4.69) is 44.8 Å². The van der Waals surface area contributed by atoms with Gasteiger partial charge in [0.05, 0.1) is 0 Å². The van der Waals surface area contributed by atoms with Crippen molar-refractivity contribution < 1.29 is 0 Å². The van der Waals surface area contributed by atoms with E-state index in [0.717, 1.165) is 24.3 Å². The van der Waals surface area contributed by atoms with Gasteiger partial charge in [-0.05, 0) is 43.7 Å². The topological polar surface area (TPSA) is 15.3 Å². The number of nitrogens with one attached hydrogen (secondary N) is 1. The van der Waals surface area contributed by atoms with Gasteiger partial charge in [0.15, 0.2) is 0 Å². The molecule has 1 heterocycles. The lowest BCUT2D eigenvalue weighted by Crippen LogP contribution is -2.44. The molecule has 0 aromatic heterocycles. The summed E-state index contributed by atoms with van der Waals surface area (Å²) in [5.41, 5.74) is 0. The predicted molar refractivity (Wildman–Crippen MR) is 80.9 cm³/mol. The number of rotatable bonds is 8. The van der Waals surface area contributed by atoms with Crippen LogP contribution in [-0.2, 0) is 0 Å². The fourth-order valence-corrected chi connectivity index (χ4v) is 2.91. The van der Waals surface area contributed by atoms with E-state index >= 15 is 0 Å². The third-order valence-electron chi connectivity index (χ3n) is 4.69. The van der Waals surface area contributed by atoms with Crippen LogP contribution in [0.15, 0.2) is 0 Å². The van der Waals surface area contributed by atoms with Crippen LogP contribution < -0.4 is 5.32 Å². The van der Waals surface area contributed by atoms with Crippen molar-refractivity contribution in [3.63, 3.8) is 0 Å². The summed E-state index contributed by atoms with van der Waals surface area (Å²) in [6.07, 6.45) is 3.92. The molecule has 0 radical (unpaired) electrons. The molecule has 1 aliphatic heterocycles. The maximum Gasteiger partial charge on any atom is 0.0220 e. The molecule has 1 N–H and O–H groups in total. The molecule has 1 aliphatic rings. The van der Waals surface area contributed by atoms with Gasteiger partial charge in [-0.3, -0.25) is 0 Å². The highest BCUT2D eigenvalue weighted by molar-refractivity contribution is 4.83. The van der Waals surface area contributed by atoms with Crippen molar-refractivity contribution in [1.29, 1.82) is 0 Å². The summed E-state index contributed by atoms with van der Waals surface area (Å²) in [6, 6.07) is 0.681. The van der Waals surface area contributed by atoms with Crippen molar-refractivity contribution in [2.75, 3.05) is 26.2 Å². The molecule has 0 spiro atoms. The van der Waals surface area contributed by atoms with E-state index in [4.69, 9.17) is 0 Å². The molecule has 0 bridgehead atoms. The van der Waals surface area contributed by atoms with Gasteiger partial charge in [0.2, 0.25) is 0 Å². The Morgan fingerprint density at radius 3 is 2.44 bits per heavy atom. The Balaban J connectivity index is 2.41. The van der Waals surface area contributed by atoms with Gasteiger partial charge in [0, 0.05) is 19.1 Å². The Hall–Kier alpha value is -0.0800. The van der Waals surface area contributed by atoms with Gasteiger partial charge in [-0.2, -0.15) is 0 Å². The van der Waals surface area contributed by atoms with E-state index < -0.39 is 0 Å².